The van der Waals surface area contributed by atoms with Crippen molar-refractivity contribution in [2.75, 3.05) is 10.2 Å². The molecule has 0 spiro atoms. The molecule has 10 heteroatoms. The van der Waals surface area contributed by atoms with Crippen LogP contribution in [-0.2, 0) is 4.79 Å². The number of nitrogens with zero attached hydrogens (tertiary/aromatic N) is 3. The summed E-state index contributed by atoms with van der Waals surface area (Å²) >= 11 is 5.80. The van der Waals surface area contributed by atoms with E-state index in [0.717, 1.165) is 22.6 Å². The first kappa shape index (κ1) is 26.1. The number of furan rings is 1. The second-order valence-corrected chi connectivity index (χ2v) is 10.0. The first-order valence-electron chi connectivity index (χ1n) is 12.5. The van der Waals surface area contributed by atoms with Gasteiger partial charge in [0.1, 0.15) is 17.6 Å². The lowest BCUT2D eigenvalue weighted by atomic mass is 10.0. The third kappa shape index (κ3) is 5.23. The summed E-state index contributed by atoms with van der Waals surface area (Å²) in [5, 5.41) is 18.2. The summed E-state index contributed by atoms with van der Waals surface area (Å²) in [4.78, 5) is 29.7. The third-order valence-corrected chi connectivity index (χ3v) is 6.94. The van der Waals surface area contributed by atoms with Crippen LogP contribution in [0.25, 0.3) is 11.3 Å². The summed E-state index contributed by atoms with van der Waals surface area (Å²) in [7, 11) is 0. The molecule has 3 heterocycles. The van der Waals surface area contributed by atoms with Gasteiger partial charge in [-0.25, -0.2) is 0 Å². The smallest absolute Gasteiger partial charge is 0.270 e. The third-order valence-electron chi connectivity index (χ3n) is 6.63. The Kier molecular flexibility index (Phi) is 7.12. The highest BCUT2D eigenvalue weighted by Gasteiger charge is 2.42. The van der Waals surface area contributed by atoms with Crippen molar-refractivity contribution < 1.29 is 14.1 Å². The van der Waals surface area contributed by atoms with E-state index in [-0.39, 0.29) is 23.6 Å². The standard InChI is InChI=1S/C29H27N5O4S/c1-17(2)28(35)31-22-11-10-20(15-18(22)3)33-27(26(32-29(33)39)23-9-4-5-14-30-23)25-13-12-24(38-25)19-7-6-8-21(16-19)34(36)37/h4-17,26-27H,1-3H3,(H,31,35)(H,32,39)/t26-,27-/m0/s1. The highest BCUT2D eigenvalue weighted by molar-refractivity contribution is 7.80. The normalized spacial score (nSPS) is 16.8. The van der Waals surface area contributed by atoms with Crippen molar-refractivity contribution in [3.05, 3.63) is 106 Å². The number of aryl methyl sites for hydroxylation is 1. The van der Waals surface area contributed by atoms with E-state index in [9.17, 15) is 14.9 Å². The average Bonchev–Trinajstić information content (AvgIpc) is 3.55. The first-order chi connectivity index (χ1) is 18.7. The number of nitro groups is 1. The fraction of sp³-hybridized carbons (Fsp3) is 0.207. The van der Waals surface area contributed by atoms with E-state index in [1.165, 1.54) is 12.1 Å². The van der Waals surface area contributed by atoms with Crippen molar-refractivity contribution >= 4 is 40.3 Å². The highest BCUT2D eigenvalue weighted by atomic mass is 32.1. The van der Waals surface area contributed by atoms with Gasteiger partial charge in [0.2, 0.25) is 5.91 Å². The zero-order chi connectivity index (χ0) is 27.7. The zero-order valence-electron chi connectivity index (χ0n) is 21.6. The van der Waals surface area contributed by atoms with Crippen LogP contribution in [0.2, 0.25) is 0 Å². The Bertz CT molecular complexity index is 1550. The van der Waals surface area contributed by atoms with Crippen molar-refractivity contribution in [1.82, 2.24) is 10.3 Å². The summed E-state index contributed by atoms with van der Waals surface area (Å²) in [6.45, 7) is 5.63. The van der Waals surface area contributed by atoms with E-state index in [1.54, 1.807) is 24.4 Å². The lowest BCUT2D eigenvalue weighted by Gasteiger charge is -2.27. The molecule has 198 valence electrons. The molecular weight excluding hydrogens is 514 g/mol. The van der Waals surface area contributed by atoms with Gasteiger partial charge in [-0.15, -0.1) is 0 Å². The van der Waals surface area contributed by atoms with E-state index in [2.05, 4.69) is 15.6 Å². The van der Waals surface area contributed by atoms with Gasteiger partial charge in [-0.1, -0.05) is 32.0 Å². The van der Waals surface area contributed by atoms with Crippen LogP contribution in [0.5, 0.6) is 0 Å². The fourth-order valence-corrected chi connectivity index (χ4v) is 4.92. The van der Waals surface area contributed by atoms with Crippen LogP contribution in [0, 0.1) is 23.0 Å². The van der Waals surface area contributed by atoms with Crippen LogP contribution >= 0.6 is 12.2 Å². The predicted octanol–water partition coefficient (Wildman–Crippen LogP) is 6.33. The molecule has 5 rings (SSSR count). The predicted molar refractivity (Wildman–Crippen MR) is 153 cm³/mol. The molecular formula is C29H27N5O4S. The maximum absolute atomic E-state index is 12.3. The van der Waals surface area contributed by atoms with Gasteiger partial charge < -0.3 is 20.0 Å². The number of hydrogen-bond donors (Lipinski definition) is 2. The SMILES string of the molecule is Cc1cc(N2C(=S)N[C@@H](c3ccccn3)[C@@H]2c2ccc(-c3cccc([N+](=O)[O-])c3)o2)ccc1NC(=O)C(C)C. The Hall–Kier alpha value is -4.57. The number of aromatic nitrogens is 1. The lowest BCUT2D eigenvalue weighted by Crippen LogP contribution is -2.29. The first-order valence-corrected chi connectivity index (χ1v) is 12.9. The maximum Gasteiger partial charge on any atom is 0.270 e. The Morgan fingerprint density at radius 1 is 1.13 bits per heavy atom. The van der Waals surface area contributed by atoms with Gasteiger partial charge in [0.05, 0.1) is 16.7 Å². The Morgan fingerprint density at radius 2 is 1.95 bits per heavy atom. The number of amides is 1. The number of nitrogens with one attached hydrogen (secondary N) is 2. The molecule has 1 aliphatic rings. The van der Waals surface area contributed by atoms with Crippen LogP contribution in [0.3, 0.4) is 0 Å². The molecule has 39 heavy (non-hydrogen) atoms. The summed E-state index contributed by atoms with van der Waals surface area (Å²) in [5.74, 6) is 0.937. The van der Waals surface area contributed by atoms with Crippen molar-refractivity contribution in [2.45, 2.75) is 32.9 Å². The van der Waals surface area contributed by atoms with Gasteiger partial charge >= 0.3 is 0 Å². The van der Waals surface area contributed by atoms with Crippen LogP contribution in [-0.4, -0.2) is 20.9 Å². The number of hydrogen-bond acceptors (Lipinski definition) is 6. The number of carbonyl (C=O) groups excluding carboxylic acids is 1. The van der Waals surface area contributed by atoms with E-state index >= 15 is 0 Å². The number of nitro benzene ring substituents is 1. The summed E-state index contributed by atoms with van der Waals surface area (Å²) in [6.07, 6.45) is 1.73. The van der Waals surface area contributed by atoms with Gasteiger partial charge in [0.15, 0.2) is 5.11 Å². The van der Waals surface area contributed by atoms with Crippen LogP contribution < -0.4 is 15.5 Å². The van der Waals surface area contributed by atoms with Gasteiger partial charge in [-0.3, -0.25) is 19.9 Å². The number of carbonyl (C=O) groups is 1. The summed E-state index contributed by atoms with van der Waals surface area (Å²) in [5.41, 5.74) is 3.83. The van der Waals surface area contributed by atoms with Gasteiger partial charge in [-0.2, -0.15) is 0 Å². The molecule has 0 unspecified atom stereocenters. The van der Waals surface area contributed by atoms with Crippen LogP contribution in [0.4, 0.5) is 17.1 Å². The quantitative estimate of drug-likeness (QED) is 0.159. The summed E-state index contributed by atoms with van der Waals surface area (Å²) in [6, 6.07) is 20.7. The second kappa shape index (κ2) is 10.7. The minimum absolute atomic E-state index is 0.0118. The molecule has 1 aliphatic heterocycles. The van der Waals surface area contributed by atoms with Gasteiger partial charge in [0.25, 0.3) is 5.69 Å². The molecule has 9 nitrogen and oxygen atoms in total. The number of non-ortho nitro benzene ring substituents is 1. The monoisotopic (exact) mass is 541 g/mol. The molecule has 0 bridgehead atoms. The Balaban J connectivity index is 1.55. The molecule has 2 aromatic carbocycles. The zero-order valence-corrected chi connectivity index (χ0v) is 22.4. The minimum atomic E-state index is -0.429. The van der Waals surface area contributed by atoms with Crippen molar-refractivity contribution in [2.24, 2.45) is 5.92 Å². The molecule has 1 fully saturated rings. The van der Waals surface area contributed by atoms with E-state index in [0.29, 0.717) is 22.2 Å². The van der Waals surface area contributed by atoms with Crippen LogP contribution in [0.1, 0.15) is 42.9 Å². The van der Waals surface area contributed by atoms with Crippen molar-refractivity contribution in [3.8, 4) is 11.3 Å². The Labute approximate surface area is 231 Å². The number of anilines is 2. The van der Waals surface area contributed by atoms with Gasteiger partial charge in [-0.05, 0) is 67.2 Å². The molecule has 0 saturated carbocycles. The molecule has 1 amide bonds. The number of benzene rings is 2. The van der Waals surface area contributed by atoms with Crippen LogP contribution in [0.15, 0.2) is 83.4 Å². The second-order valence-electron chi connectivity index (χ2n) is 9.65. The number of thiocarbonyl (C=S) groups is 1. The minimum Gasteiger partial charge on any atom is -0.459 e. The Morgan fingerprint density at radius 3 is 2.64 bits per heavy atom. The number of pyridine rings is 1. The van der Waals surface area contributed by atoms with Gasteiger partial charge in [0, 0.05) is 41.2 Å². The highest BCUT2D eigenvalue weighted by Crippen LogP contribution is 2.43. The van der Waals surface area contributed by atoms with Crippen molar-refractivity contribution in [1.29, 1.82) is 0 Å². The fourth-order valence-electron chi connectivity index (χ4n) is 4.58. The molecule has 1 saturated heterocycles. The molecule has 4 aromatic rings. The van der Waals surface area contributed by atoms with E-state index < -0.39 is 11.0 Å². The largest absolute Gasteiger partial charge is 0.459 e. The molecule has 0 aliphatic carbocycles. The molecule has 2 N–H and O–H groups in total. The number of rotatable bonds is 7. The van der Waals surface area contributed by atoms with E-state index in [1.807, 2.05) is 68.1 Å². The topological polar surface area (TPSA) is 114 Å². The molecule has 2 aromatic heterocycles. The average molecular weight is 542 g/mol. The molecule has 0 radical (unpaired) electrons. The van der Waals surface area contributed by atoms with E-state index in [4.69, 9.17) is 16.6 Å². The van der Waals surface area contributed by atoms with Crippen molar-refractivity contribution in [3.63, 3.8) is 0 Å². The molecule has 2 atom stereocenters. The summed E-state index contributed by atoms with van der Waals surface area (Å²) < 4.78 is 6.32. The lowest BCUT2D eigenvalue weighted by molar-refractivity contribution is -0.384. The maximum atomic E-state index is 12.3.